The van der Waals surface area contributed by atoms with Gasteiger partial charge in [0.25, 0.3) is 11.8 Å². The fraction of sp³-hybridized carbons (Fsp3) is 0.312. The van der Waals surface area contributed by atoms with Crippen molar-refractivity contribution in [3.63, 3.8) is 0 Å². The second kappa shape index (κ2) is 11.2. The Kier molecular flexibility index (Phi) is 8.80. The monoisotopic (exact) mass is 627 g/mol. The number of fused-ring (bicyclic) bond motifs is 1. The summed E-state index contributed by atoms with van der Waals surface area (Å²) in [6, 6.07) is -0.925. The van der Waals surface area contributed by atoms with E-state index < -0.39 is 29.2 Å². The Bertz CT molecular complexity index is 1170. The van der Waals surface area contributed by atoms with Crippen molar-refractivity contribution < 1.29 is 24.3 Å². The molecule has 2 atom stereocenters. The number of hydrogen-bond acceptors (Lipinski definition) is 13. The number of thiazole rings is 1. The number of amides is 2. The molecular formula is C16H15BrClN7O5S4. The Morgan fingerprint density at radius 1 is 1.50 bits per heavy atom. The number of oxime groups is 1. The molecule has 2 aliphatic heterocycles. The first-order valence-corrected chi connectivity index (χ1v) is 13.5. The summed E-state index contributed by atoms with van der Waals surface area (Å²) < 4.78 is 1.19. The minimum atomic E-state index is -1.20. The van der Waals surface area contributed by atoms with E-state index in [2.05, 4.69) is 41.6 Å². The zero-order chi connectivity index (χ0) is 23.7. The van der Waals surface area contributed by atoms with Crippen LogP contribution in [0.4, 0.5) is 5.13 Å². The highest BCUT2D eigenvalue weighted by atomic mass is 79.9. The van der Waals surface area contributed by atoms with Crippen LogP contribution >= 0.6 is 74.5 Å². The van der Waals surface area contributed by atoms with Gasteiger partial charge in [0, 0.05) is 11.5 Å². The minimum Gasteiger partial charge on any atom is -0.477 e. The van der Waals surface area contributed by atoms with Gasteiger partial charge in [0.2, 0.25) is 0 Å². The molecule has 2 aliphatic rings. The van der Waals surface area contributed by atoms with Crippen molar-refractivity contribution in [1.29, 1.82) is 0 Å². The lowest BCUT2D eigenvalue weighted by atomic mass is 10.0. The summed E-state index contributed by atoms with van der Waals surface area (Å²) in [5, 5.41) is 23.5. The van der Waals surface area contributed by atoms with Crippen LogP contribution in [0.3, 0.4) is 0 Å². The number of thioether (sulfide) groups is 2. The van der Waals surface area contributed by atoms with Crippen LogP contribution in [0.2, 0.25) is 0 Å². The highest BCUT2D eigenvalue weighted by Crippen LogP contribution is 2.41. The molecule has 2 amide bonds. The summed E-state index contributed by atoms with van der Waals surface area (Å²) in [5.41, 5.74) is 7.84. The average Bonchev–Trinajstić information content (AvgIpc) is 3.42. The third-order valence-electron chi connectivity index (χ3n) is 4.47. The van der Waals surface area contributed by atoms with Crippen LogP contribution in [0, 0.1) is 0 Å². The second-order valence-electron chi connectivity index (χ2n) is 6.41. The van der Waals surface area contributed by atoms with Gasteiger partial charge in [-0.2, -0.15) is 0 Å². The molecule has 1 saturated heterocycles. The molecule has 0 aliphatic carbocycles. The number of β-lactam (4-membered cyclic amide) rings is 1. The molecule has 0 spiro atoms. The van der Waals surface area contributed by atoms with E-state index in [1.54, 1.807) is 5.51 Å². The number of rotatable bonds is 8. The SMILES string of the molecule is CON=C(C(=O)NC1C(=O)N2C(C(=O)O)=C(CSc3nncs3)CS[C@H]12)c1nc(N)sc1Br.Cl. The van der Waals surface area contributed by atoms with Crippen molar-refractivity contribution in [3.8, 4) is 0 Å². The number of anilines is 1. The zero-order valence-electron chi connectivity index (χ0n) is 17.0. The Morgan fingerprint density at radius 2 is 2.26 bits per heavy atom. The molecule has 0 radical (unpaired) electrons. The predicted octanol–water partition coefficient (Wildman–Crippen LogP) is 1.64. The predicted molar refractivity (Wildman–Crippen MR) is 135 cm³/mol. The minimum absolute atomic E-state index is 0. The van der Waals surface area contributed by atoms with E-state index in [1.807, 2.05) is 0 Å². The number of carbonyl (C=O) groups is 3. The number of carbonyl (C=O) groups excluding carboxylic acids is 2. The molecular weight excluding hydrogens is 614 g/mol. The normalized spacial score (nSPS) is 19.8. The maximum Gasteiger partial charge on any atom is 0.352 e. The molecule has 1 unspecified atom stereocenters. The lowest BCUT2D eigenvalue weighted by Crippen LogP contribution is -2.71. The molecule has 2 aromatic heterocycles. The Balaban J connectivity index is 0.00000324. The molecule has 4 rings (SSSR count). The molecule has 0 aromatic carbocycles. The number of nitrogens with one attached hydrogen (secondary N) is 1. The second-order valence-corrected chi connectivity index (χ2v) is 11.9. The van der Waals surface area contributed by atoms with E-state index in [1.165, 1.54) is 46.9 Å². The van der Waals surface area contributed by atoms with Gasteiger partial charge in [-0.25, -0.2) is 9.78 Å². The van der Waals surface area contributed by atoms with Gasteiger partial charge in [-0.3, -0.25) is 14.5 Å². The fourth-order valence-corrected chi connectivity index (χ4v) is 7.43. The molecule has 0 bridgehead atoms. The van der Waals surface area contributed by atoms with Gasteiger partial charge in [-0.15, -0.1) is 34.4 Å². The van der Waals surface area contributed by atoms with Crippen LogP contribution in [0.15, 0.2) is 30.1 Å². The van der Waals surface area contributed by atoms with E-state index in [-0.39, 0.29) is 34.6 Å². The summed E-state index contributed by atoms with van der Waals surface area (Å²) in [7, 11) is 1.27. The molecule has 4 N–H and O–H groups in total. The fourth-order valence-electron chi connectivity index (χ4n) is 3.13. The summed E-state index contributed by atoms with van der Waals surface area (Å²) >= 11 is 8.47. The molecule has 12 nitrogen and oxygen atoms in total. The largest absolute Gasteiger partial charge is 0.477 e. The van der Waals surface area contributed by atoms with Gasteiger partial charge in [0.05, 0.1) is 0 Å². The number of carboxylic acid groups (broad SMARTS) is 1. The van der Waals surface area contributed by atoms with E-state index in [0.29, 0.717) is 25.2 Å². The third kappa shape index (κ3) is 5.18. The van der Waals surface area contributed by atoms with Gasteiger partial charge >= 0.3 is 5.97 Å². The first kappa shape index (κ1) is 26.7. The maximum atomic E-state index is 12.9. The van der Waals surface area contributed by atoms with E-state index in [4.69, 9.17) is 10.6 Å². The van der Waals surface area contributed by atoms with Crippen LogP contribution in [0.5, 0.6) is 0 Å². The van der Waals surface area contributed by atoms with E-state index in [9.17, 15) is 19.5 Å². The van der Waals surface area contributed by atoms with E-state index >= 15 is 0 Å². The van der Waals surface area contributed by atoms with Crippen molar-refractivity contribution in [2.24, 2.45) is 5.16 Å². The molecule has 4 heterocycles. The standard InChI is InChI=1S/C16H14BrN7O5S4.ClH/c1-29-23-7(6-10(17)33-15(18)21-6)11(25)20-8-12(26)24-9(14(27)28)5(2-30-13(8)24)3-31-16-22-19-4-32-16;/h4,8,13H,2-3H2,1H3,(H2,18,21)(H,20,25)(H,27,28);1H/t8?,13-;/m1./s1. The average molecular weight is 629 g/mol. The summed E-state index contributed by atoms with van der Waals surface area (Å²) in [5.74, 6) is -1.66. The number of aliphatic carboxylic acids is 1. The number of aromatic nitrogens is 3. The molecule has 34 heavy (non-hydrogen) atoms. The number of nitrogen functional groups attached to an aromatic ring is 1. The first-order valence-electron chi connectivity index (χ1n) is 8.95. The van der Waals surface area contributed by atoms with Gasteiger partial charge in [0.15, 0.2) is 15.2 Å². The number of carboxylic acids is 1. The Labute approximate surface area is 223 Å². The molecule has 18 heteroatoms. The topological polar surface area (TPSA) is 173 Å². The number of hydrogen-bond donors (Lipinski definition) is 3. The number of nitrogens with zero attached hydrogens (tertiary/aromatic N) is 5. The smallest absolute Gasteiger partial charge is 0.352 e. The molecule has 182 valence electrons. The number of halogens is 2. The van der Waals surface area contributed by atoms with Crippen LogP contribution in [-0.4, -0.2) is 78.7 Å². The summed E-state index contributed by atoms with van der Waals surface area (Å²) in [6.07, 6.45) is 0. The number of nitrogens with two attached hydrogens (primary N) is 1. The highest BCUT2D eigenvalue weighted by molar-refractivity contribution is 9.11. The first-order chi connectivity index (χ1) is 15.8. The Morgan fingerprint density at radius 3 is 2.85 bits per heavy atom. The molecule has 1 fully saturated rings. The van der Waals surface area contributed by atoms with Gasteiger partial charge in [-0.05, 0) is 21.5 Å². The third-order valence-corrected chi connectivity index (χ3v) is 9.29. The van der Waals surface area contributed by atoms with Crippen LogP contribution in [-0.2, 0) is 19.2 Å². The van der Waals surface area contributed by atoms with E-state index in [0.717, 1.165) is 11.3 Å². The lowest BCUT2D eigenvalue weighted by molar-refractivity contribution is -0.150. The lowest BCUT2D eigenvalue weighted by Gasteiger charge is -2.49. The summed E-state index contributed by atoms with van der Waals surface area (Å²) in [4.78, 5) is 47.8. The van der Waals surface area contributed by atoms with Crippen LogP contribution < -0.4 is 11.1 Å². The van der Waals surface area contributed by atoms with Crippen molar-refractivity contribution >= 4 is 103 Å². The maximum absolute atomic E-state index is 12.9. The van der Waals surface area contributed by atoms with Crippen LogP contribution in [0.1, 0.15) is 5.69 Å². The molecule has 0 saturated carbocycles. The van der Waals surface area contributed by atoms with Crippen LogP contribution in [0.25, 0.3) is 0 Å². The summed E-state index contributed by atoms with van der Waals surface area (Å²) in [6.45, 7) is 0. The van der Waals surface area contributed by atoms with Gasteiger partial charge in [-0.1, -0.05) is 39.6 Å². The van der Waals surface area contributed by atoms with Gasteiger partial charge in [0.1, 0.15) is 39.2 Å². The van der Waals surface area contributed by atoms with Crippen molar-refractivity contribution in [3.05, 3.63) is 26.3 Å². The molecule has 2 aromatic rings. The zero-order valence-corrected chi connectivity index (χ0v) is 22.6. The van der Waals surface area contributed by atoms with Crippen molar-refractivity contribution in [2.75, 3.05) is 24.3 Å². The van der Waals surface area contributed by atoms with Crippen molar-refractivity contribution in [1.82, 2.24) is 25.4 Å². The van der Waals surface area contributed by atoms with Gasteiger partial charge < -0.3 is 21.0 Å². The quantitative estimate of drug-likeness (QED) is 0.168. The highest BCUT2D eigenvalue weighted by Gasteiger charge is 2.54. The van der Waals surface area contributed by atoms with Crippen molar-refractivity contribution in [2.45, 2.75) is 15.8 Å². The Hall–Kier alpha value is -1.92.